The first-order valence-electron chi connectivity index (χ1n) is 7.89. The van der Waals surface area contributed by atoms with E-state index in [2.05, 4.69) is 15.2 Å². The van der Waals surface area contributed by atoms with Gasteiger partial charge in [0.1, 0.15) is 0 Å². The normalized spacial score (nSPS) is 11.1. The van der Waals surface area contributed by atoms with Gasteiger partial charge >= 0.3 is 0 Å². The maximum absolute atomic E-state index is 5.78. The molecule has 0 saturated heterocycles. The lowest BCUT2D eigenvalue weighted by molar-refractivity contribution is 0.324. The van der Waals surface area contributed by atoms with Crippen LogP contribution in [0.1, 0.15) is 5.69 Å². The van der Waals surface area contributed by atoms with Gasteiger partial charge in [-0.25, -0.2) is 4.98 Å². The van der Waals surface area contributed by atoms with Crippen LogP contribution in [0, 0.1) is 0 Å². The Morgan fingerprint density at radius 2 is 1.89 bits per heavy atom. The highest BCUT2D eigenvalue weighted by Crippen LogP contribution is 2.41. The number of ether oxygens (including phenoxy) is 3. The van der Waals surface area contributed by atoms with Gasteiger partial charge in [0.25, 0.3) is 5.22 Å². The fraction of sp³-hybridized carbons (Fsp3) is 0.235. The average Bonchev–Trinajstić information content (AvgIpc) is 3.41. The summed E-state index contributed by atoms with van der Waals surface area (Å²) in [5, 5.41) is 10.7. The Kier molecular flexibility index (Phi) is 4.90. The molecule has 1 aromatic carbocycles. The third-order valence-corrected chi connectivity index (χ3v) is 5.43. The lowest BCUT2D eigenvalue weighted by Crippen LogP contribution is -1.95. The standard InChI is InChI=1S/C17H16N4O4S2/c1-22-12-6-10(7-13(23-2)14(12)24-3)15-19-20-17(25-15)27-9-11-8-21-4-5-26-16(21)18-11/h4-8H,9H2,1-3H3. The van der Waals surface area contributed by atoms with Crippen molar-refractivity contribution in [1.82, 2.24) is 19.6 Å². The van der Waals surface area contributed by atoms with E-state index in [1.807, 2.05) is 22.2 Å². The molecule has 0 atom stereocenters. The van der Waals surface area contributed by atoms with Gasteiger partial charge in [-0.1, -0.05) is 11.8 Å². The minimum Gasteiger partial charge on any atom is -0.493 e. The first-order chi connectivity index (χ1) is 13.2. The van der Waals surface area contributed by atoms with Crippen LogP contribution < -0.4 is 14.2 Å². The fourth-order valence-corrected chi connectivity index (χ4v) is 3.94. The number of aromatic nitrogens is 4. The van der Waals surface area contributed by atoms with Crippen molar-refractivity contribution in [2.24, 2.45) is 0 Å². The SMILES string of the molecule is COc1cc(-c2nnc(SCc3cn4ccsc4n3)o2)cc(OC)c1OC. The molecule has 4 rings (SSSR count). The number of imidazole rings is 1. The molecule has 0 aliphatic carbocycles. The number of nitrogens with zero attached hydrogens (tertiary/aromatic N) is 4. The van der Waals surface area contributed by atoms with Gasteiger partial charge in [-0.3, -0.25) is 4.40 Å². The molecule has 4 aromatic rings. The second-order valence-corrected chi connectivity index (χ2v) is 7.20. The second kappa shape index (κ2) is 7.49. The van der Waals surface area contributed by atoms with Crippen LogP contribution in [0.25, 0.3) is 16.4 Å². The van der Waals surface area contributed by atoms with Gasteiger partial charge in [-0.15, -0.1) is 21.5 Å². The lowest BCUT2D eigenvalue weighted by Gasteiger charge is -2.12. The van der Waals surface area contributed by atoms with Crippen molar-refractivity contribution in [2.45, 2.75) is 11.0 Å². The molecule has 27 heavy (non-hydrogen) atoms. The van der Waals surface area contributed by atoms with Gasteiger partial charge in [-0.2, -0.15) is 0 Å². The summed E-state index contributed by atoms with van der Waals surface area (Å²) in [6.07, 6.45) is 3.98. The van der Waals surface area contributed by atoms with E-state index >= 15 is 0 Å². The summed E-state index contributed by atoms with van der Waals surface area (Å²) >= 11 is 3.03. The first kappa shape index (κ1) is 17.7. The van der Waals surface area contributed by atoms with Crippen LogP contribution in [-0.2, 0) is 5.75 Å². The molecule has 0 aliphatic heterocycles. The number of hydrogen-bond acceptors (Lipinski definition) is 9. The summed E-state index contributed by atoms with van der Waals surface area (Å²) in [6, 6.07) is 3.54. The van der Waals surface area contributed by atoms with Gasteiger partial charge in [0.15, 0.2) is 16.5 Å². The largest absolute Gasteiger partial charge is 0.493 e. The number of thioether (sulfide) groups is 1. The number of methoxy groups -OCH3 is 3. The molecule has 8 nitrogen and oxygen atoms in total. The third-order valence-electron chi connectivity index (χ3n) is 3.80. The average molecular weight is 404 g/mol. The van der Waals surface area contributed by atoms with E-state index in [1.165, 1.54) is 11.8 Å². The molecule has 0 N–H and O–H groups in total. The predicted molar refractivity (Wildman–Crippen MR) is 102 cm³/mol. The highest BCUT2D eigenvalue weighted by Gasteiger charge is 2.18. The number of thiazole rings is 1. The second-order valence-electron chi connectivity index (χ2n) is 5.40. The van der Waals surface area contributed by atoms with Crippen molar-refractivity contribution in [3.8, 4) is 28.7 Å². The molecule has 0 amide bonds. The summed E-state index contributed by atoms with van der Waals surface area (Å²) in [7, 11) is 4.68. The zero-order chi connectivity index (χ0) is 18.8. The van der Waals surface area contributed by atoms with E-state index in [4.69, 9.17) is 18.6 Å². The third kappa shape index (κ3) is 3.45. The minimum atomic E-state index is 0.377. The van der Waals surface area contributed by atoms with Gasteiger partial charge in [0.05, 0.1) is 27.0 Å². The van der Waals surface area contributed by atoms with Crippen molar-refractivity contribution in [3.63, 3.8) is 0 Å². The summed E-state index contributed by atoms with van der Waals surface area (Å²) in [6.45, 7) is 0. The monoisotopic (exact) mass is 404 g/mol. The molecule has 0 bridgehead atoms. The summed E-state index contributed by atoms with van der Waals surface area (Å²) in [5.41, 5.74) is 1.64. The minimum absolute atomic E-state index is 0.377. The zero-order valence-electron chi connectivity index (χ0n) is 14.8. The summed E-state index contributed by atoms with van der Waals surface area (Å²) in [4.78, 5) is 5.51. The zero-order valence-corrected chi connectivity index (χ0v) is 16.5. The molecule has 10 heteroatoms. The number of rotatable bonds is 7. The summed E-state index contributed by atoms with van der Waals surface area (Å²) in [5.74, 6) is 2.58. The molecule has 3 heterocycles. The Balaban J connectivity index is 1.54. The van der Waals surface area contributed by atoms with Crippen molar-refractivity contribution >= 4 is 28.1 Å². The van der Waals surface area contributed by atoms with Crippen LogP contribution in [0.5, 0.6) is 17.2 Å². The van der Waals surface area contributed by atoms with Gasteiger partial charge < -0.3 is 18.6 Å². The van der Waals surface area contributed by atoms with E-state index in [1.54, 1.807) is 44.8 Å². The Morgan fingerprint density at radius 3 is 2.56 bits per heavy atom. The molecule has 0 unspecified atom stereocenters. The molecule has 0 spiro atoms. The van der Waals surface area contributed by atoms with E-state index in [0.29, 0.717) is 39.7 Å². The Hall–Kier alpha value is -2.72. The van der Waals surface area contributed by atoms with Crippen molar-refractivity contribution in [2.75, 3.05) is 21.3 Å². The van der Waals surface area contributed by atoms with Crippen molar-refractivity contribution in [1.29, 1.82) is 0 Å². The summed E-state index contributed by atoms with van der Waals surface area (Å²) < 4.78 is 23.8. The number of benzene rings is 1. The maximum Gasteiger partial charge on any atom is 0.277 e. The van der Waals surface area contributed by atoms with Crippen molar-refractivity contribution in [3.05, 3.63) is 35.6 Å². The van der Waals surface area contributed by atoms with E-state index < -0.39 is 0 Å². The van der Waals surface area contributed by atoms with Crippen LogP contribution in [0.4, 0.5) is 0 Å². The molecule has 0 saturated carbocycles. The molecule has 3 aromatic heterocycles. The topological polar surface area (TPSA) is 83.9 Å². The predicted octanol–water partition coefficient (Wildman–Crippen LogP) is 3.76. The molecule has 0 aliphatic rings. The van der Waals surface area contributed by atoms with Crippen LogP contribution in [0.15, 0.2) is 39.5 Å². The van der Waals surface area contributed by atoms with Crippen molar-refractivity contribution < 1.29 is 18.6 Å². The van der Waals surface area contributed by atoms with E-state index in [-0.39, 0.29) is 0 Å². The van der Waals surface area contributed by atoms with Crippen LogP contribution >= 0.6 is 23.1 Å². The Labute approximate surface area is 163 Å². The van der Waals surface area contributed by atoms with Gasteiger partial charge in [-0.05, 0) is 12.1 Å². The molecule has 140 valence electrons. The number of fused-ring (bicyclic) bond motifs is 1. The number of hydrogen-bond donors (Lipinski definition) is 0. The Morgan fingerprint density at radius 1 is 1.11 bits per heavy atom. The maximum atomic E-state index is 5.78. The Bertz CT molecular complexity index is 1020. The smallest absolute Gasteiger partial charge is 0.277 e. The quantitative estimate of drug-likeness (QED) is 0.431. The molecular weight excluding hydrogens is 388 g/mol. The molecular formula is C17H16N4O4S2. The van der Waals surface area contributed by atoms with Crippen LogP contribution in [0.3, 0.4) is 0 Å². The van der Waals surface area contributed by atoms with Gasteiger partial charge in [0.2, 0.25) is 11.6 Å². The van der Waals surface area contributed by atoms with Crippen LogP contribution in [-0.4, -0.2) is 40.9 Å². The first-order valence-corrected chi connectivity index (χ1v) is 9.76. The molecule has 0 fully saturated rings. The highest BCUT2D eigenvalue weighted by atomic mass is 32.2. The van der Waals surface area contributed by atoms with E-state index in [0.717, 1.165) is 10.7 Å². The van der Waals surface area contributed by atoms with E-state index in [9.17, 15) is 0 Å². The lowest BCUT2D eigenvalue weighted by atomic mass is 10.2. The molecule has 0 radical (unpaired) electrons. The highest BCUT2D eigenvalue weighted by molar-refractivity contribution is 7.98. The van der Waals surface area contributed by atoms with Crippen LogP contribution in [0.2, 0.25) is 0 Å². The fourth-order valence-electron chi connectivity index (χ4n) is 2.57. The van der Waals surface area contributed by atoms with Gasteiger partial charge in [0, 0.05) is 29.1 Å².